The molecule has 10 N–H and O–H groups in total. The van der Waals surface area contributed by atoms with Gasteiger partial charge in [0.15, 0.2) is 23.4 Å². The summed E-state index contributed by atoms with van der Waals surface area (Å²) in [6.07, 6.45) is 21.8. The number of allylic oxidation sites excluding steroid dienone is 2. The fourth-order valence-corrected chi connectivity index (χ4v) is 13.8. The van der Waals surface area contributed by atoms with Crippen molar-refractivity contribution in [1.29, 1.82) is 0 Å². The number of imidazole rings is 2. The van der Waals surface area contributed by atoms with Gasteiger partial charge in [-0.1, -0.05) is 41.7 Å². The lowest BCUT2D eigenvalue weighted by molar-refractivity contribution is -0.642. The van der Waals surface area contributed by atoms with E-state index in [1.807, 2.05) is 0 Å². The van der Waals surface area contributed by atoms with Crippen molar-refractivity contribution in [2.75, 3.05) is 89.4 Å². The Kier molecular flexibility index (Phi) is 24.7. The van der Waals surface area contributed by atoms with Gasteiger partial charge in [0.2, 0.25) is 11.3 Å². The zero-order chi connectivity index (χ0) is 80.1. The van der Waals surface area contributed by atoms with Gasteiger partial charge >= 0.3 is 0 Å². The number of carbonyl (C=O) groups excluding carboxylic acids is 8. The van der Waals surface area contributed by atoms with Gasteiger partial charge in [0.25, 0.3) is 52.3 Å². The predicted molar refractivity (Wildman–Crippen MR) is 430 cm³/mol. The molecule has 35 heteroatoms. The van der Waals surface area contributed by atoms with E-state index in [4.69, 9.17) is 9.47 Å². The lowest BCUT2D eigenvalue weighted by Gasteiger charge is -2.27. The highest BCUT2D eigenvalue weighted by atomic mass is 32.1. The van der Waals surface area contributed by atoms with Crippen LogP contribution in [0.25, 0.3) is 21.9 Å². The number of ether oxygens (including phenoxy) is 2. The molecule has 0 saturated heterocycles. The number of nitrogens with one attached hydrogen (secondary N) is 8. The number of thiazole rings is 1. The van der Waals surface area contributed by atoms with E-state index in [2.05, 4.69) is 146 Å². The minimum absolute atomic E-state index is 0.0379. The van der Waals surface area contributed by atoms with Gasteiger partial charge in [0, 0.05) is 175 Å². The lowest BCUT2D eigenvalue weighted by atomic mass is 9.99. The Balaban J connectivity index is 0.520. The van der Waals surface area contributed by atoms with Gasteiger partial charge in [-0.2, -0.15) is 9.56 Å². The van der Waals surface area contributed by atoms with Crippen LogP contribution in [0, 0.1) is 0 Å². The Morgan fingerprint density at radius 2 is 0.973 bits per heavy atom. The average Bonchev–Trinajstić information content (AvgIpc) is 1.72. The van der Waals surface area contributed by atoms with E-state index in [1.165, 1.54) is 99.6 Å². The smallest absolute Gasteiger partial charge is 0.291 e. The topological polar surface area (TPSA) is 389 Å². The Morgan fingerprint density at radius 1 is 0.504 bits per heavy atom. The van der Waals surface area contributed by atoms with E-state index < -0.39 is 47.3 Å². The number of hydrogen-bond acceptors (Lipinski definition) is 16. The summed E-state index contributed by atoms with van der Waals surface area (Å²) in [6.45, 7) is 2.91. The van der Waals surface area contributed by atoms with Crippen LogP contribution in [0.5, 0.6) is 0 Å². The first-order valence-corrected chi connectivity index (χ1v) is 36.8. The van der Waals surface area contributed by atoms with Crippen LogP contribution in [-0.2, 0) is 72.9 Å². The van der Waals surface area contributed by atoms with Crippen molar-refractivity contribution in [3.05, 3.63) is 209 Å². The van der Waals surface area contributed by atoms with Gasteiger partial charge in [-0.15, -0.1) is 0 Å². The molecule has 12 rings (SSSR count). The average molecular weight is 1560 g/mol. The maximum atomic E-state index is 13.6. The molecule has 1 aliphatic rings. The van der Waals surface area contributed by atoms with Crippen LogP contribution in [0.3, 0.4) is 0 Å². The highest BCUT2D eigenvalue weighted by Gasteiger charge is 2.26. The number of rotatable bonds is 33. The lowest BCUT2D eigenvalue weighted by Crippen LogP contribution is -2.29. The van der Waals surface area contributed by atoms with Crippen LogP contribution < -0.4 is 52.0 Å². The number of fused-ring (bicyclic) bond motifs is 2. The third kappa shape index (κ3) is 19.3. The number of anilines is 7. The molecule has 0 fully saturated rings. The van der Waals surface area contributed by atoms with Gasteiger partial charge in [-0.3, -0.25) is 43.3 Å². The molecule has 2 aromatic carbocycles. The summed E-state index contributed by atoms with van der Waals surface area (Å²) in [5.74, 6) is -4.28. The molecular weight excluding hydrogens is 1470 g/mol. The number of aromatic nitrogens is 11. The van der Waals surface area contributed by atoms with E-state index in [0.29, 0.717) is 48.3 Å². The SMILES string of the molecule is Cn1cc(NC(=O)c2cc(NC(=O)c3cc(NC(=O)c4nccn4C)cn3C)cn2C)cc1C(=O)NCCCC(O)=Nc1cn(C)c(C(=O)Nc2cc(C(=O)Nc3cc(C(=O)Nc4cc(C(=O)NCCC(O)=NCCOCCOCCCN5C=CC(=Cc6sc7ccccc7[n+]6C)c6ccccc65)n(C)c4)n(C)c3)n(C)c2)n1. The van der Waals surface area contributed by atoms with E-state index >= 15 is 0 Å². The first-order chi connectivity index (χ1) is 54.3. The number of aliphatic hydroxyl groups excluding tert-OH is 2. The Morgan fingerprint density at radius 3 is 1.49 bits per heavy atom. The molecule has 586 valence electrons. The first kappa shape index (κ1) is 78.9. The Hall–Kier alpha value is -13.7. The van der Waals surface area contributed by atoms with Gasteiger partial charge in [0.1, 0.15) is 45.9 Å². The molecule has 113 heavy (non-hydrogen) atoms. The minimum Gasteiger partial charge on any atom is -0.497 e. The quantitative estimate of drug-likeness (QED) is 0.00796. The number of para-hydroxylation sites is 2. The van der Waals surface area contributed by atoms with Gasteiger partial charge < -0.3 is 104 Å². The number of aryl methyl sites for hydroxylation is 9. The largest absolute Gasteiger partial charge is 0.497 e. The van der Waals surface area contributed by atoms with Gasteiger partial charge in [-0.25, -0.2) is 9.97 Å². The van der Waals surface area contributed by atoms with Crippen molar-refractivity contribution in [3.63, 3.8) is 0 Å². The zero-order valence-corrected chi connectivity index (χ0v) is 64.5. The zero-order valence-electron chi connectivity index (χ0n) is 63.6. The van der Waals surface area contributed by atoms with Crippen LogP contribution >= 0.6 is 11.3 Å². The number of nitrogens with zero attached hydrogens (tertiary/aromatic N) is 14. The molecule has 0 aliphatic carbocycles. The summed E-state index contributed by atoms with van der Waals surface area (Å²) in [7, 11) is 15.2. The third-order valence-corrected chi connectivity index (χ3v) is 19.6. The summed E-state index contributed by atoms with van der Waals surface area (Å²) in [5, 5.41) is 44.5. The summed E-state index contributed by atoms with van der Waals surface area (Å²) in [5.41, 5.74) is 7.97. The molecular formula is C78H87N22O12S+. The molecule has 34 nitrogen and oxygen atoms in total. The molecule has 0 atom stereocenters. The molecule has 11 aromatic rings. The van der Waals surface area contributed by atoms with E-state index in [9.17, 15) is 48.6 Å². The molecule has 0 bridgehead atoms. The van der Waals surface area contributed by atoms with E-state index in [1.54, 1.807) is 123 Å². The fourth-order valence-electron chi connectivity index (χ4n) is 12.7. The van der Waals surface area contributed by atoms with Crippen LogP contribution in [0.4, 0.5) is 45.6 Å². The van der Waals surface area contributed by atoms with Crippen molar-refractivity contribution in [1.82, 2.24) is 57.1 Å². The molecule has 0 radical (unpaired) electrons. The van der Waals surface area contributed by atoms with E-state index in [-0.39, 0.29) is 115 Å². The molecule has 0 spiro atoms. The van der Waals surface area contributed by atoms with E-state index in [0.717, 1.165) is 18.7 Å². The number of aliphatic imine (C=N–C) groups is 2. The minimum atomic E-state index is -0.636. The molecule has 10 heterocycles. The second-order valence-corrected chi connectivity index (χ2v) is 27.9. The van der Waals surface area contributed by atoms with Gasteiger partial charge in [-0.05, 0) is 73.0 Å². The van der Waals surface area contributed by atoms with Crippen LogP contribution in [0.2, 0.25) is 0 Å². The molecule has 1 aliphatic heterocycles. The summed E-state index contributed by atoms with van der Waals surface area (Å²) in [4.78, 5) is 126. The fraction of sp³-hybridized carbons (Fsp3) is 0.269. The second kappa shape index (κ2) is 35.3. The second-order valence-electron chi connectivity index (χ2n) is 26.8. The maximum Gasteiger partial charge on any atom is 0.291 e. The highest BCUT2D eigenvalue weighted by molar-refractivity contribution is 7.18. The monoisotopic (exact) mass is 1560 g/mol. The summed E-state index contributed by atoms with van der Waals surface area (Å²) < 4.78 is 27.2. The highest BCUT2D eigenvalue weighted by Crippen LogP contribution is 2.35. The predicted octanol–water partition coefficient (Wildman–Crippen LogP) is 8.61. The molecule has 9 aromatic heterocycles. The molecule has 0 saturated carbocycles. The standard InChI is InChI=1S/C78H86N22O12S/c1-91-29-25-80-69(91)77(109)87-53-39-62(96(6)45-53)75(107)85-51-37-60(94(4)43-51)73(105)83-49-35-58(92(2)41-49)71(103)81-23-14-20-67(102)89-65-47-98(8)70(90-65)78(110)88-54-40-63(97(7)46-54)76(108)86-52-38-61(95(5)44-52)74(106)84-50-36-59(93(3)42-50)72(104)82-24-21-66(101)79-26-31-112-33-32-111-30-15-27-100-28-22-48(55-16-10-11-17-56(55)100)34-68-99(9)57-18-12-13-19-64(57)113-68/h10-13,16-19,22,25,28-29,34-47H,14-15,20-21,23-24,26-27,30-33H2,1-9H3,(H9-,79,81,82,83,84,85,86,87,88,89,101,102,103,104,105,106,107,108,109,110)/p+1. The van der Waals surface area contributed by atoms with Crippen LogP contribution in [-0.4, -0.2) is 168 Å². The van der Waals surface area contributed by atoms with Crippen molar-refractivity contribution in [2.24, 2.45) is 73.4 Å². The van der Waals surface area contributed by atoms with Gasteiger partial charge in [0.05, 0.1) is 66.7 Å². The Labute approximate surface area is 652 Å². The Bertz CT molecular complexity index is 5570. The molecule has 8 amide bonds. The third-order valence-electron chi connectivity index (χ3n) is 18.4. The number of benzene rings is 2. The van der Waals surface area contributed by atoms with Crippen molar-refractivity contribution in [3.8, 4) is 0 Å². The normalized spacial score (nSPS) is 12.5. The van der Waals surface area contributed by atoms with Crippen molar-refractivity contribution >= 4 is 138 Å². The summed E-state index contributed by atoms with van der Waals surface area (Å²) >= 11 is 1.78. The number of hydrogen-bond donors (Lipinski definition) is 10. The van der Waals surface area contributed by atoms with Crippen LogP contribution in [0.1, 0.15) is 120 Å². The van der Waals surface area contributed by atoms with Crippen LogP contribution in [0.15, 0.2) is 163 Å². The maximum absolute atomic E-state index is 13.6. The number of aliphatic hydroxyl groups is 2. The first-order valence-electron chi connectivity index (χ1n) is 36.0. The number of amides is 8. The van der Waals surface area contributed by atoms with Crippen molar-refractivity contribution < 1.29 is 62.6 Å². The molecule has 0 unspecified atom stereocenters. The van der Waals surface area contributed by atoms with Crippen molar-refractivity contribution in [2.45, 2.75) is 25.7 Å². The number of carbonyl (C=O) groups is 8. The summed E-state index contributed by atoms with van der Waals surface area (Å²) in [6, 6.07) is 25.9.